The van der Waals surface area contributed by atoms with E-state index >= 15 is 0 Å². The van der Waals surface area contributed by atoms with Gasteiger partial charge in [0.1, 0.15) is 5.82 Å². The molecule has 2 rings (SSSR count). The minimum Gasteiger partial charge on any atom is -0.319 e. The molecule has 0 fully saturated rings. The second-order valence-electron chi connectivity index (χ2n) is 4.94. The van der Waals surface area contributed by atoms with Crippen LogP contribution in [0.15, 0.2) is 18.2 Å². The van der Waals surface area contributed by atoms with Crippen molar-refractivity contribution in [2.24, 2.45) is 5.92 Å². The molecular weight excluding hydrogens is 231 g/mol. The summed E-state index contributed by atoms with van der Waals surface area (Å²) >= 11 is 0. The largest absolute Gasteiger partial charge is 0.319 e. The molecule has 0 bridgehead atoms. The maximum Gasteiger partial charge on any atom is 0.227 e. The van der Waals surface area contributed by atoms with Crippen molar-refractivity contribution >= 4 is 11.6 Å². The van der Waals surface area contributed by atoms with Crippen molar-refractivity contribution in [2.75, 3.05) is 25.0 Å². The van der Waals surface area contributed by atoms with Crippen LogP contribution in [0.1, 0.15) is 18.9 Å². The number of carbonyl (C=O) groups is 1. The lowest BCUT2D eigenvalue weighted by Crippen LogP contribution is -2.40. The highest BCUT2D eigenvalue weighted by Gasteiger charge is 2.25. The van der Waals surface area contributed by atoms with Crippen LogP contribution >= 0.6 is 0 Å². The summed E-state index contributed by atoms with van der Waals surface area (Å²) in [5.74, 6) is 0.152. The Balaban J connectivity index is 2.24. The molecule has 3 nitrogen and oxygen atoms in total. The van der Waals surface area contributed by atoms with Gasteiger partial charge in [-0.1, -0.05) is 13.0 Å². The number of amides is 1. The van der Waals surface area contributed by atoms with Gasteiger partial charge in [-0.15, -0.1) is 0 Å². The number of hydrogen-bond acceptors (Lipinski definition) is 2. The predicted octanol–water partition coefficient (Wildman–Crippen LogP) is 1.96. The monoisotopic (exact) mass is 250 g/mol. The Labute approximate surface area is 107 Å². The van der Waals surface area contributed by atoms with Gasteiger partial charge in [-0.3, -0.25) is 4.79 Å². The van der Waals surface area contributed by atoms with E-state index in [1.54, 1.807) is 11.0 Å². The molecule has 0 spiro atoms. The molecule has 4 heteroatoms. The fourth-order valence-corrected chi connectivity index (χ4v) is 2.44. The van der Waals surface area contributed by atoms with Gasteiger partial charge in [0, 0.05) is 18.7 Å². The fraction of sp³-hybridized carbons (Fsp3) is 0.500. The first kappa shape index (κ1) is 13.0. The van der Waals surface area contributed by atoms with Gasteiger partial charge in [-0.25, -0.2) is 4.39 Å². The molecule has 18 heavy (non-hydrogen) atoms. The number of fused-ring (bicyclic) bond motifs is 1. The molecule has 0 saturated carbocycles. The number of hydrogen-bond donors (Lipinski definition) is 1. The molecule has 1 aliphatic heterocycles. The normalized spacial score (nSPS) is 16.6. The first-order valence-corrected chi connectivity index (χ1v) is 6.35. The Bertz CT molecular complexity index is 447. The number of nitrogens with zero attached hydrogens (tertiary/aromatic N) is 1. The average molecular weight is 250 g/mol. The zero-order chi connectivity index (χ0) is 13.1. The van der Waals surface area contributed by atoms with Crippen molar-refractivity contribution in [2.45, 2.75) is 19.8 Å². The Morgan fingerprint density at radius 1 is 1.44 bits per heavy atom. The minimum absolute atomic E-state index is 0.0936. The molecule has 98 valence electrons. The third-order valence-electron chi connectivity index (χ3n) is 3.29. The molecule has 1 aliphatic rings. The Hall–Kier alpha value is -1.42. The van der Waals surface area contributed by atoms with Gasteiger partial charge < -0.3 is 10.2 Å². The summed E-state index contributed by atoms with van der Waals surface area (Å²) in [7, 11) is 1.89. The van der Waals surface area contributed by atoms with Gasteiger partial charge in [0.2, 0.25) is 5.91 Å². The number of rotatable bonds is 4. The third-order valence-corrected chi connectivity index (χ3v) is 3.29. The van der Waals surface area contributed by atoms with Crippen molar-refractivity contribution in [3.05, 3.63) is 29.6 Å². The highest BCUT2D eigenvalue weighted by Crippen LogP contribution is 2.29. The average Bonchev–Trinajstić information content (AvgIpc) is 2.33. The van der Waals surface area contributed by atoms with Crippen molar-refractivity contribution in [1.82, 2.24) is 5.32 Å². The summed E-state index contributed by atoms with van der Waals surface area (Å²) in [6.07, 6.45) is 1.23. The van der Waals surface area contributed by atoms with Crippen LogP contribution in [0.25, 0.3) is 0 Å². The first-order chi connectivity index (χ1) is 8.61. The quantitative estimate of drug-likeness (QED) is 0.886. The molecule has 0 radical (unpaired) electrons. The van der Waals surface area contributed by atoms with Crippen LogP contribution < -0.4 is 10.2 Å². The van der Waals surface area contributed by atoms with E-state index < -0.39 is 0 Å². The number of anilines is 1. The van der Waals surface area contributed by atoms with E-state index in [1.165, 1.54) is 12.1 Å². The number of halogens is 1. The molecule has 1 heterocycles. The number of benzene rings is 1. The van der Waals surface area contributed by atoms with Crippen LogP contribution in [-0.4, -0.2) is 26.0 Å². The van der Waals surface area contributed by atoms with Crippen LogP contribution in [0.2, 0.25) is 0 Å². The molecule has 1 aromatic carbocycles. The van der Waals surface area contributed by atoms with Gasteiger partial charge in [-0.05, 0) is 43.6 Å². The molecule has 1 unspecified atom stereocenters. The Morgan fingerprint density at radius 3 is 2.94 bits per heavy atom. The van der Waals surface area contributed by atoms with Gasteiger partial charge in [0.25, 0.3) is 0 Å². The van der Waals surface area contributed by atoms with E-state index in [-0.39, 0.29) is 11.7 Å². The van der Waals surface area contributed by atoms with Crippen LogP contribution in [-0.2, 0) is 11.2 Å². The zero-order valence-electron chi connectivity index (χ0n) is 10.9. The summed E-state index contributed by atoms with van der Waals surface area (Å²) in [5.41, 5.74) is 1.81. The topological polar surface area (TPSA) is 32.3 Å². The lowest BCUT2D eigenvalue weighted by molar-refractivity contribution is -0.119. The molecule has 1 aromatic rings. The second kappa shape index (κ2) is 5.48. The van der Waals surface area contributed by atoms with E-state index in [0.29, 0.717) is 25.3 Å². The van der Waals surface area contributed by atoms with E-state index in [1.807, 2.05) is 7.05 Å². The maximum absolute atomic E-state index is 13.3. The minimum atomic E-state index is -0.283. The standard InChI is InChI=1S/C14H19FN2O/c1-10(8-16-2)9-17-13-7-12(15)5-3-11(13)4-6-14(17)18/h3,5,7,10,16H,4,6,8-9H2,1-2H3. The molecule has 1 atom stereocenters. The van der Waals surface area contributed by atoms with Crippen LogP contribution in [0.4, 0.5) is 10.1 Å². The van der Waals surface area contributed by atoms with Crippen molar-refractivity contribution < 1.29 is 9.18 Å². The van der Waals surface area contributed by atoms with E-state index in [0.717, 1.165) is 17.8 Å². The molecule has 1 N–H and O–H groups in total. The number of nitrogens with one attached hydrogen (secondary N) is 1. The van der Waals surface area contributed by atoms with Gasteiger partial charge in [0.05, 0.1) is 0 Å². The maximum atomic E-state index is 13.3. The predicted molar refractivity (Wildman–Crippen MR) is 70.2 cm³/mol. The fourth-order valence-electron chi connectivity index (χ4n) is 2.44. The third kappa shape index (κ3) is 2.70. The molecular formula is C14H19FN2O. The summed E-state index contributed by atoms with van der Waals surface area (Å²) in [4.78, 5) is 13.7. The summed E-state index contributed by atoms with van der Waals surface area (Å²) in [6, 6.07) is 4.72. The van der Waals surface area contributed by atoms with Crippen molar-refractivity contribution in [3.63, 3.8) is 0 Å². The van der Waals surface area contributed by atoms with E-state index in [9.17, 15) is 9.18 Å². The summed E-state index contributed by atoms with van der Waals surface area (Å²) in [6.45, 7) is 3.56. The van der Waals surface area contributed by atoms with Crippen LogP contribution in [0, 0.1) is 11.7 Å². The molecule has 0 aliphatic carbocycles. The van der Waals surface area contributed by atoms with Crippen LogP contribution in [0.5, 0.6) is 0 Å². The lowest BCUT2D eigenvalue weighted by Gasteiger charge is -2.31. The number of aryl methyl sites for hydroxylation is 1. The van der Waals surface area contributed by atoms with Crippen molar-refractivity contribution in [1.29, 1.82) is 0 Å². The Kier molecular flexibility index (Phi) is 3.97. The molecule has 1 amide bonds. The molecule has 0 aromatic heterocycles. The summed E-state index contributed by atoms with van der Waals surface area (Å²) in [5, 5.41) is 3.10. The highest BCUT2D eigenvalue weighted by atomic mass is 19.1. The van der Waals surface area contributed by atoms with Gasteiger partial charge in [-0.2, -0.15) is 0 Å². The highest BCUT2D eigenvalue weighted by molar-refractivity contribution is 5.96. The second-order valence-corrected chi connectivity index (χ2v) is 4.94. The van der Waals surface area contributed by atoms with E-state index in [2.05, 4.69) is 12.2 Å². The number of carbonyl (C=O) groups excluding carboxylic acids is 1. The van der Waals surface area contributed by atoms with Gasteiger partial charge >= 0.3 is 0 Å². The van der Waals surface area contributed by atoms with Crippen molar-refractivity contribution in [3.8, 4) is 0 Å². The SMILES string of the molecule is CNCC(C)CN1C(=O)CCc2ccc(F)cc21. The lowest BCUT2D eigenvalue weighted by atomic mass is 9.99. The van der Waals surface area contributed by atoms with Gasteiger partial charge in [0.15, 0.2) is 0 Å². The first-order valence-electron chi connectivity index (χ1n) is 6.35. The molecule has 0 saturated heterocycles. The Morgan fingerprint density at radius 2 is 2.22 bits per heavy atom. The smallest absolute Gasteiger partial charge is 0.227 e. The van der Waals surface area contributed by atoms with Crippen LogP contribution in [0.3, 0.4) is 0 Å². The van der Waals surface area contributed by atoms with E-state index in [4.69, 9.17) is 0 Å². The summed E-state index contributed by atoms with van der Waals surface area (Å²) < 4.78 is 13.3. The zero-order valence-corrected chi connectivity index (χ0v) is 10.9.